The Hall–Kier alpha value is -2.04. The molecule has 0 fully saturated rings. The van der Waals surface area contributed by atoms with Crippen LogP contribution >= 0.6 is 0 Å². The average Bonchev–Trinajstić information content (AvgIpc) is 2.34. The predicted octanol–water partition coefficient (Wildman–Crippen LogP) is 2.10. The molecule has 1 amide bonds. The number of rotatable bonds is 6. The van der Waals surface area contributed by atoms with Gasteiger partial charge in [0.1, 0.15) is 12.4 Å². The Balaban J connectivity index is 2.52. The van der Waals surface area contributed by atoms with Crippen LogP contribution in [-0.2, 0) is 9.53 Å². The van der Waals surface area contributed by atoms with Gasteiger partial charge in [-0.05, 0) is 18.6 Å². The number of esters is 1. The smallest absolute Gasteiger partial charge is 0.412 e. The summed E-state index contributed by atoms with van der Waals surface area (Å²) in [4.78, 5) is 22.1. The summed E-state index contributed by atoms with van der Waals surface area (Å²) in [5.41, 5.74) is 4.81. The van der Waals surface area contributed by atoms with E-state index in [4.69, 9.17) is 10.5 Å². The predicted molar refractivity (Wildman–Crippen MR) is 66.0 cm³/mol. The molecule has 0 aliphatic rings. The summed E-state index contributed by atoms with van der Waals surface area (Å²) < 4.78 is 9.84. The Kier molecular flexibility index (Phi) is 5.70. The van der Waals surface area contributed by atoms with Crippen LogP contribution in [0.15, 0.2) is 30.3 Å². The normalized spacial score (nSPS) is 11.6. The molecule has 0 aliphatic heterocycles. The topological polar surface area (TPSA) is 78.6 Å². The van der Waals surface area contributed by atoms with E-state index in [9.17, 15) is 9.59 Å². The molecule has 0 aromatic heterocycles. The van der Waals surface area contributed by atoms with E-state index in [2.05, 4.69) is 4.74 Å². The van der Waals surface area contributed by atoms with Crippen molar-refractivity contribution in [2.45, 2.75) is 19.8 Å². The molecule has 1 aromatic carbocycles. The molecule has 1 aromatic rings. The molecule has 1 rings (SSSR count). The fourth-order valence-corrected chi connectivity index (χ4v) is 1.51. The minimum absolute atomic E-state index is 0.171. The largest absolute Gasteiger partial charge is 0.493 e. The molecular formula is C13H17NO4. The van der Waals surface area contributed by atoms with Crippen molar-refractivity contribution in [3.8, 4) is 5.75 Å². The Morgan fingerprint density at radius 1 is 1.28 bits per heavy atom. The summed E-state index contributed by atoms with van der Waals surface area (Å²) in [7, 11) is 0. The standard InChI is InChI=1S/C13H17NO4/c1-2-6-10(12(15)18-13(14)16)9-17-11-7-4-3-5-8-11/h3-5,7-8,10H,2,6,9H2,1H3,(H2,14,16). The second-order valence-corrected chi connectivity index (χ2v) is 3.85. The molecule has 5 heteroatoms. The molecule has 0 radical (unpaired) electrons. The Morgan fingerprint density at radius 2 is 1.94 bits per heavy atom. The number of amides is 1. The van der Waals surface area contributed by atoms with Crippen molar-refractivity contribution in [1.82, 2.24) is 0 Å². The second-order valence-electron chi connectivity index (χ2n) is 3.85. The minimum atomic E-state index is -1.08. The summed E-state index contributed by atoms with van der Waals surface area (Å²) >= 11 is 0. The van der Waals surface area contributed by atoms with Gasteiger partial charge in [0.2, 0.25) is 0 Å². The van der Waals surface area contributed by atoms with Gasteiger partial charge in [-0.2, -0.15) is 0 Å². The highest BCUT2D eigenvalue weighted by Crippen LogP contribution is 2.14. The number of hydrogen-bond donors (Lipinski definition) is 1. The molecule has 98 valence electrons. The van der Waals surface area contributed by atoms with Crippen molar-refractivity contribution in [2.24, 2.45) is 11.7 Å². The molecule has 2 N–H and O–H groups in total. The van der Waals surface area contributed by atoms with E-state index in [1.807, 2.05) is 25.1 Å². The van der Waals surface area contributed by atoms with Crippen LogP contribution in [0, 0.1) is 5.92 Å². The summed E-state index contributed by atoms with van der Waals surface area (Å²) in [5.74, 6) is -0.450. The van der Waals surface area contributed by atoms with Gasteiger partial charge >= 0.3 is 12.1 Å². The van der Waals surface area contributed by atoms with Crippen LogP contribution < -0.4 is 10.5 Å². The van der Waals surface area contributed by atoms with Gasteiger partial charge in [-0.25, -0.2) is 4.79 Å². The van der Waals surface area contributed by atoms with Crippen molar-refractivity contribution < 1.29 is 19.1 Å². The van der Waals surface area contributed by atoms with E-state index in [0.29, 0.717) is 12.2 Å². The number of nitrogens with two attached hydrogens (primary N) is 1. The van der Waals surface area contributed by atoms with Crippen LogP contribution in [-0.4, -0.2) is 18.7 Å². The van der Waals surface area contributed by atoms with Gasteiger partial charge in [0.15, 0.2) is 0 Å². The first-order chi connectivity index (χ1) is 8.63. The number of benzene rings is 1. The molecule has 18 heavy (non-hydrogen) atoms. The Labute approximate surface area is 106 Å². The third kappa shape index (κ3) is 4.86. The average molecular weight is 251 g/mol. The van der Waals surface area contributed by atoms with Crippen molar-refractivity contribution in [3.63, 3.8) is 0 Å². The van der Waals surface area contributed by atoms with Crippen molar-refractivity contribution in [3.05, 3.63) is 30.3 Å². The van der Waals surface area contributed by atoms with Gasteiger partial charge in [-0.15, -0.1) is 0 Å². The van der Waals surface area contributed by atoms with Crippen LogP contribution in [0.2, 0.25) is 0 Å². The highest BCUT2D eigenvalue weighted by molar-refractivity contribution is 5.85. The lowest BCUT2D eigenvalue weighted by molar-refractivity contribution is -0.143. The number of carbonyl (C=O) groups excluding carboxylic acids is 2. The van der Waals surface area contributed by atoms with Gasteiger partial charge in [-0.1, -0.05) is 31.5 Å². The molecule has 1 atom stereocenters. The SMILES string of the molecule is CCCC(COc1ccccc1)C(=O)OC(N)=O. The zero-order valence-corrected chi connectivity index (χ0v) is 10.3. The summed E-state index contributed by atoms with van der Waals surface area (Å²) in [6.07, 6.45) is 0.288. The lowest BCUT2D eigenvalue weighted by atomic mass is 10.1. The lowest BCUT2D eigenvalue weighted by Crippen LogP contribution is -2.28. The number of primary amides is 1. The van der Waals surface area contributed by atoms with Crippen molar-refractivity contribution in [2.75, 3.05) is 6.61 Å². The summed E-state index contributed by atoms with van der Waals surface area (Å²) in [6, 6.07) is 9.14. The zero-order chi connectivity index (χ0) is 13.4. The third-order valence-electron chi connectivity index (χ3n) is 2.37. The second kappa shape index (κ2) is 7.32. The molecule has 1 unspecified atom stereocenters. The highest BCUT2D eigenvalue weighted by atomic mass is 16.6. The monoisotopic (exact) mass is 251 g/mol. The molecule has 0 saturated heterocycles. The first kappa shape index (κ1) is 14.0. The summed E-state index contributed by atoms with van der Waals surface area (Å²) in [6.45, 7) is 2.11. The molecule has 0 spiro atoms. The van der Waals surface area contributed by atoms with E-state index in [1.165, 1.54) is 0 Å². The minimum Gasteiger partial charge on any atom is -0.493 e. The van der Waals surface area contributed by atoms with Gasteiger partial charge < -0.3 is 15.2 Å². The third-order valence-corrected chi connectivity index (χ3v) is 2.37. The zero-order valence-electron chi connectivity index (χ0n) is 10.3. The van der Waals surface area contributed by atoms with Gasteiger partial charge in [0, 0.05) is 0 Å². The van der Waals surface area contributed by atoms with Crippen molar-refractivity contribution in [1.29, 1.82) is 0 Å². The maximum atomic E-state index is 11.6. The number of ether oxygens (including phenoxy) is 2. The Morgan fingerprint density at radius 3 is 2.50 bits per heavy atom. The molecular weight excluding hydrogens is 234 g/mol. The molecule has 0 heterocycles. The lowest BCUT2D eigenvalue weighted by Gasteiger charge is -2.14. The van der Waals surface area contributed by atoms with Gasteiger partial charge in [0.05, 0.1) is 5.92 Å². The quantitative estimate of drug-likeness (QED) is 0.620. The highest BCUT2D eigenvalue weighted by Gasteiger charge is 2.21. The number of hydrogen-bond acceptors (Lipinski definition) is 4. The van der Waals surface area contributed by atoms with Crippen LogP contribution in [0.3, 0.4) is 0 Å². The van der Waals surface area contributed by atoms with E-state index < -0.39 is 18.0 Å². The molecule has 0 saturated carbocycles. The van der Waals surface area contributed by atoms with Crippen LogP contribution in [0.1, 0.15) is 19.8 Å². The number of carbonyl (C=O) groups is 2. The van der Waals surface area contributed by atoms with Gasteiger partial charge in [0.25, 0.3) is 0 Å². The van der Waals surface area contributed by atoms with Gasteiger partial charge in [-0.3, -0.25) is 4.79 Å². The van der Waals surface area contributed by atoms with E-state index >= 15 is 0 Å². The maximum absolute atomic E-state index is 11.6. The first-order valence-electron chi connectivity index (χ1n) is 5.82. The summed E-state index contributed by atoms with van der Waals surface area (Å²) in [5, 5.41) is 0. The first-order valence-corrected chi connectivity index (χ1v) is 5.82. The number of para-hydroxylation sites is 1. The fraction of sp³-hybridized carbons (Fsp3) is 0.385. The molecule has 5 nitrogen and oxygen atoms in total. The Bertz CT molecular complexity index is 391. The van der Waals surface area contributed by atoms with Crippen LogP contribution in [0.25, 0.3) is 0 Å². The van der Waals surface area contributed by atoms with E-state index in [-0.39, 0.29) is 6.61 Å². The van der Waals surface area contributed by atoms with Crippen LogP contribution in [0.5, 0.6) is 5.75 Å². The molecule has 0 bridgehead atoms. The van der Waals surface area contributed by atoms with E-state index in [0.717, 1.165) is 6.42 Å². The van der Waals surface area contributed by atoms with Crippen molar-refractivity contribution >= 4 is 12.1 Å². The molecule has 0 aliphatic carbocycles. The van der Waals surface area contributed by atoms with E-state index in [1.54, 1.807) is 12.1 Å². The fourth-order valence-electron chi connectivity index (χ4n) is 1.51. The van der Waals surface area contributed by atoms with Crippen LogP contribution in [0.4, 0.5) is 4.79 Å². The maximum Gasteiger partial charge on any atom is 0.412 e.